The van der Waals surface area contributed by atoms with Gasteiger partial charge in [0.25, 0.3) is 5.56 Å². The van der Waals surface area contributed by atoms with Crippen LogP contribution >= 0.6 is 0 Å². The Kier molecular flexibility index (Phi) is 6.25. The second-order valence-corrected chi connectivity index (χ2v) is 7.42. The van der Waals surface area contributed by atoms with Crippen LogP contribution in [0, 0.1) is 11.6 Å². The predicted molar refractivity (Wildman–Crippen MR) is 110 cm³/mol. The number of benzene rings is 1. The average Bonchev–Trinajstić information content (AvgIpc) is 2.74. The molecular weight excluding hydrogens is 388 g/mol. The van der Waals surface area contributed by atoms with Crippen molar-refractivity contribution in [2.24, 2.45) is 0 Å². The first-order chi connectivity index (χ1) is 14.6. The lowest BCUT2D eigenvalue weighted by Crippen LogP contribution is -2.47. The molecule has 0 amide bonds. The number of aromatic nitrogens is 3. The lowest BCUT2D eigenvalue weighted by atomic mass is 10.2. The van der Waals surface area contributed by atoms with Crippen molar-refractivity contribution < 1.29 is 8.78 Å². The van der Waals surface area contributed by atoms with Crippen molar-refractivity contribution in [3.63, 3.8) is 0 Å². The highest BCUT2D eigenvalue weighted by molar-refractivity contribution is 5.56. The number of piperazine rings is 1. The summed E-state index contributed by atoms with van der Waals surface area (Å²) in [5.74, 6) is -1.09. The molecule has 0 unspecified atom stereocenters. The molecule has 30 heavy (non-hydrogen) atoms. The van der Waals surface area contributed by atoms with E-state index in [9.17, 15) is 13.6 Å². The van der Waals surface area contributed by atoms with Crippen molar-refractivity contribution in [1.29, 1.82) is 0 Å². The predicted octanol–water partition coefficient (Wildman–Crippen LogP) is 2.40. The molecule has 156 valence electrons. The highest BCUT2D eigenvalue weighted by atomic mass is 19.1. The van der Waals surface area contributed by atoms with Gasteiger partial charge in [-0.3, -0.25) is 19.6 Å². The maximum absolute atomic E-state index is 13.4. The summed E-state index contributed by atoms with van der Waals surface area (Å²) in [7, 11) is 0. The van der Waals surface area contributed by atoms with Crippen LogP contribution in [0.4, 0.5) is 8.78 Å². The van der Waals surface area contributed by atoms with Crippen LogP contribution in [-0.2, 0) is 13.1 Å². The molecule has 3 aromatic rings. The van der Waals surface area contributed by atoms with Crippen molar-refractivity contribution >= 4 is 0 Å². The summed E-state index contributed by atoms with van der Waals surface area (Å²) in [6, 6.07) is 10.6. The zero-order valence-corrected chi connectivity index (χ0v) is 16.5. The van der Waals surface area contributed by atoms with Crippen molar-refractivity contribution in [1.82, 2.24) is 24.6 Å². The van der Waals surface area contributed by atoms with E-state index in [0.717, 1.165) is 43.5 Å². The minimum Gasteiger partial charge on any atom is -0.299 e. The van der Waals surface area contributed by atoms with Gasteiger partial charge in [-0.2, -0.15) is 5.10 Å². The molecule has 0 saturated carbocycles. The molecule has 0 radical (unpaired) electrons. The molecule has 0 bridgehead atoms. The lowest BCUT2D eigenvalue weighted by molar-refractivity contribution is 0.122. The molecule has 1 aliphatic heterocycles. The van der Waals surface area contributed by atoms with E-state index in [0.29, 0.717) is 25.2 Å². The molecule has 1 aromatic carbocycles. The molecule has 0 aliphatic carbocycles. The Morgan fingerprint density at radius 2 is 1.63 bits per heavy atom. The third kappa shape index (κ3) is 5.14. The van der Waals surface area contributed by atoms with E-state index in [1.807, 2.05) is 12.1 Å². The number of hydrogen-bond acceptors (Lipinski definition) is 5. The van der Waals surface area contributed by atoms with Crippen LogP contribution < -0.4 is 5.56 Å². The van der Waals surface area contributed by atoms with Crippen LogP contribution in [0.2, 0.25) is 0 Å². The molecule has 1 aliphatic rings. The van der Waals surface area contributed by atoms with Gasteiger partial charge in [-0.25, -0.2) is 13.5 Å². The SMILES string of the molecule is O=c1ccc(-c2cccnc2)nn1CCN1CCN(Cc2cc(F)cc(F)c2)CC1. The average molecular weight is 411 g/mol. The van der Waals surface area contributed by atoms with Crippen molar-refractivity contribution in [2.75, 3.05) is 32.7 Å². The second kappa shape index (κ2) is 9.23. The molecule has 6 nitrogen and oxygen atoms in total. The zero-order valence-electron chi connectivity index (χ0n) is 16.5. The molecular formula is C22H23F2N5O. The number of nitrogens with zero attached hydrogens (tertiary/aromatic N) is 5. The molecule has 3 heterocycles. The summed E-state index contributed by atoms with van der Waals surface area (Å²) in [6.07, 6.45) is 3.42. The second-order valence-electron chi connectivity index (χ2n) is 7.42. The minimum absolute atomic E-state index is 0.130. The standard InChI is InChI=1S/C22H23F2N5O/c23-19-12-17(13-20(24)14-19)16-28-8-6-27(7-9-28)10-11-29-22(30)4-3-21(26-29)18-2-1-5-25-15-18/h1-5,12-15H,6-11,16H2. The number of rotatable bonds is 6. The Balaban J connectivity index is 1.31. The minimum atomic E-state index is -0.546. The molecule has 8 heteroatoms. The molecule has 2 aromatic heterocycles. The van der Waals surface area contributed by atoms with Gasteiger partial charge in [0.15, 0.2) is 0 Å². The maximum Gasteiger partial charge on any atom is 0.266 e. The van der Waals surface area contributed by atoms with Gasteiger partial charge in [-0.1, -0.05) is 0 Å². The fraction of sp³-hybridized carbons (Fsp3) is 0.318. The first-order valence-electron chi connectivity index (χ1n) is 9.95. The Morgan fingerprint density at radius 3 is 2.33 bits per heavy atom. The third-order valence-electron chi connectivity index (χ3n) is 5.25. The first kappa shape index (κ1) is 20.3. The van der Waals surface area contributed by atoms with Crippen molar-refractivity contribution in [2.45, 2.75) is 13.1 Å². The van der Waals surface area contributed by atoms with Crippen LogP contribution in [0.3, 0.4) is 0 Å². The van der Waals surface area contributed by atoms with Crippen molar-refractivity contribution in [3.8, 4) is 11.3 Å². The maximum atomic E-state index is 13.4. The monoisotopic (exact) mass is 411 g/mol. The smallest absolute Gasteiger partial charge is 0.266 e. The number of hydrogen-bond donors (Lipinski definition) is 0. The van der Waals surface area contributed by atoms with Gasteiger partial charge in [0.05, 0.1) is 12.2 Å². The highest BCUT2D eigenvalue weighted by Crippen LogP contribution is 2.14. The van der Waals surface area contributed by atoms with Gasteiger partial charge in [0, 0.05) is 69.4 Å². The first-order valence-corrected chi connectivity index (χ1v) is 9.95. The zero-order chi connectivity index (χ0) is 20.9. The Labute approximate surface area is 173 Å². The Morgan fingerprint density at radius 1 is 0.900 bits per heavy atom. The molecule has 0 N–H and O–H groups in total. The largest absolute Gasteiger partial charge is 0.299 e. The summed E-state index contributed by atoms with van der Waals surface area (Å²) in [4.78, 5) is 20.7. The summed E-state index contributed by atoms with van der Waals surface area (Å²) in [5, 5.41) is 4.47. The van der Waals surface area contributed by atoms with Gasteiger partial charge in [0.1, 0.15) is 11.6 Å². The van der Waals surface area contributed by atoms with Gasteiger partial charge in [-0.15, -0.1) is 0 Å². The molecule has 1 saturated heterocycles. The van der Waals surface area contributed by atoms with Crippen LogP contribution in [0.15, 0.2) is 59.7 Å². The van der Waals surface area contributed by atoms with E-state index in [4.69, 9.17) is 0 Å². The van der Waals surface area contributed by atoms with E-state index in [1.54, 1.807) is 18.5 Å². The number of halogens is 2. The topological polar surface area (TPSA) is 54.3 Å². The molecule has 4 rings (SSSR count). The number of pyridine rings is 1. The van der Waals surface area contributed by atoms with Crippen molar-refractivity contribution in [3.05, 3.63) is 82.4 Å². The highest BCUT2D eigenvalue weighted by Gasteiger charge is 2.17. The van der Waals surface area contributed by atoms with Gasteiger partial charge < -0.3 is 0 Å². The molecule has 1 fully saturated rings. The van der Waals surface area contributed by atoms with Crippen LogP contribution in [0.5, 0.6) is 0 Å². The third-order valence-corrected chi connectivity index (χ3v) is 5.25. The summed E-state index contributed by atoms with van der Waals surface area (Å²) < 4.78 is 28.2. The lowest BCUT2D eigenvalue weighted by Gasteiger charge is -2.34. The van der Waals surface area contributed by atoms with E-state index in [1.165, 1.54) is 22.9 Å². The van der Waals surface area contributed by atoms with Gasteiger partial charge >= 0.3 is 0 Å². The van der Waals surface area contributed by atoms with Crippen LogP contribution in [-0.4, -0.2) is 57.3 Å². The van der Waals surface area contributed by atoms with E-state index in [2.05, 4.69) is 19.9 Å². The van der Waals surface area contributed by atoms with E-state index >= 15 is 0 Å². The summed E-state index contributed by atoms with van der Waals surface area (Å²) in [6.45, 7) is 5.00. The fourth-order valence-electron chi connectivity index (χ4n) is 3.64. The summed E-state index contributed by atoms with van der Waals surface area (Å²) in [5.41, 5.74) is 2.10. The van der Waals surface area contributed by atoms with Crippen LogP contribution in [0.1, 0.15) is 5.56 Å². The van der Waals surface area contributed by atoms with E-state index < -0.39 is 11.6 Å². The molecule has 0 atom stereocenters. The quantitative estimate of drug-likeness (QED) is 0.624. The Bertz CT molecular complexity index is 1030. The molecule has 0 spiro atoms. The van der Waals surface area contributed by atoms with Gasteiger partial charge in [-0.05, 0) is 35.9 Å². The normalized spacial score (nSPS) is 15.4. The fourth-order valence-corrected chi connectivity index (χ4v) is 3.64. The van der Waals surface area contributed by atoms with E-state index in [-0.39, 0.29) is 5.56 Å². The summed E-state index contributed by atoms with van der Waals surface area (Å²) >= 11 is 0. The van der Waals surface area contributed by atoms with Crippen LogP contribution in [0.25, 0.3) is 11.3 Å². The Hall–Kier alpha value is -2.97. The van der Waals surface area contributed by atoms with Gasteiger partial charge in [0.2, 0.25) is 0 Å².